The van der Waals surface area contributed by atoms with Crippen LogP contribution < -0.4 is 4.74 Å². The van der Waals surface area contributed by atoms with Crippen LogP contribution in [0.15, 0.2) is 24.8 Å². The Morgan fingerprint density at radius 1 is 1.40 bits per heavy atom. The molecule has 1 atom stereocenters. The van der Waals surface area contributed by atoms with Gasteiger partial charge in [-0.15, -0.1) is 16.8 Å². The van der Waals surface area contributed by atoms with E-state index in [9.17, 15) is 0 Å². The van der Waals surface area contributed by atoms with Crippen LogP contribution in [0.4, 0.5) is 0 Å². The van der Waals surface area contributed by atoms with Crippen molar-refractivity contribution in [2.45, 2.75) is 18.9 Å². The summed E-state index contributed by atoms with van der Waals surface area (Å²) < 4.78 is 11.3. The number of morpholine rings is 1. The number of halogens is 1. The summed E-state index contributed by atoms with van der Waals surface area (Å²) in [7, 11) is 0. The molecule has 2 rings (SSSR count). The Morgan fingerprint density at radius 3 is 2.85 bits per heavy atom. The van der Waals surface area contributed by atoms with Crippen LogP contribution in [0.2, 0.25) is 5.15 Å². The molecule has 1 unspecified atom stereocenters. The van der Waals surface area contributed by atoms with Gasteiger partial charge in [0.2, 0.25) is 5.88 Å². The Kier molecular flexibility index (Phi) is 6.24. The summed E-state index contributed by atoms with van der Waals surface area (Å²) in [5, 5.41) is 8.11. The molecule has 1 aliphatic heterocycles. The van der Waals surface area contributed by atoms with Gasteiger partial charge in [-0.25, -0.2) is 0 Å². The van der Waals surface area contributed by atoms with Crippen molar-refractivity contribution in [2.24, 2.45) is 0 Å². The molecular formula is C14H20ClN3O2. The lowest BCUT2D eigenvalue weighted by Crippen LogP contribution is -2.42. The molecule has 1 fully saturated rings. The largest absolute Gasteiger partial charge is 0.472 e. The number of rotatable bonds is 7. The van der Waals surface area contributed by atoms with Crippen molar-refractivity contribution in [1.29, 1.82) is 0 Å². The molecule has 20 heavy (non-hydrogen) atoms. The molecular weight excluding hydrogens is 278 g/mol. The van der Waals surface area contributed by atoms with Gasteiger partial charge in [-0.05, 0) is 18.9 Å². The van der Waals surface area contributed by atoms with E-state index in [0.717, 1.165) is 45.7 Å². The van der Waals surface area contributed by atoms with E-state index in [0.29, 0.717) is 11.0 Å². The maximum atomic E-state index is 5.91. The van der Waals surface area contributed by atoms with Crippen LogP contribution in [0.25, 0.3) is 0 Å². The fraction of sp³-hybridized carbons (Fsp3) is 0.571. The molecule has 0 spiro atoms. The molecule has 1 saturated heterocycles. The third kappa shape index (κ3) is 5.07. The van der Waals surface area contributed by atoms with Crippen molar-refractivity contribution >= 4 is 11.6 Å². The number of nitrogens with zero attached hydrogens (tertiary/aromatic N) is 3. The van der Waals surface area contributed by atoms with Gasteiger partial charge >= 0.3 is 0 Å². The molecule has 1 aromatic rings. The lowest BCUT2D eigenvalue weighted by molar-refractivity contribution is 0.0173. The van der Waals surface area contributed by atoms with Gasteiger partial charge in [0.25, 0.3) is 0 Å². The summed E-state index contributed by atoms with van der Waals surface area (Å²) in [6.45, 7) is 8.09. The van der Waals surface area contributed by atoms with Crippen molar-refractivity contribution in [3.05, 3.63) is 29.9 Å². The van der Waals surface area contributed by atoms with E-state index in [2.05, 4.69) is 21.7 Å². The molecule has 1 aromatic heterocycles. The van der Waals surface area contributed by atoms with Crippen molar-refractivity contribution in [3.63, 3.8) is 0 Å². The van der Waals surface area contributed by atoms with Crippen LogP contribution in [0.1, 0.15) is 12.8 Å². The summed E-state index contributed by atoms with van der Waals surface area (Å²) >= 11 is 5.72. The highest BCUT2D eigenvalue weighted by atomic mass is 35.5. The molecule has 5 nitrogen and oxygen atoms in total. The van der Waals surface area contributed by atoms with Crippen LogP contribution in [0.3, 0.4) is 0 Å². The molecule has 110 valence electrons. The quantitative estimate of drug-likeness (QED) is 0.722. The minimum atomic E-state index is 0.0709. The average molecular weight is 298 g/mol. The Morgan fingerprint density at radius 2 is 2.20 bits per heavy atom. The second-order valence-corrected chi connectivity index (χ2v) is 5.10. The molecule has 0 aromatic carbocycles. The second-order valence-electron chi connectivity index (χ2n) is 4.71. The first kappa shape index (κ1) is 15.2. The number of ether oxygens (including phenoxy) is 2. The van der Waals surface area contributed by atoms with E-state index in [1.807, 2.05) is 6.08 Å². The Balaban J connectivity index is 1.91. The predicted molar refractivity (Wildman–Crippen MR) is 78.1 cm³/mol. The maximum Gasteiger partial charge on any atom is 0.233 e. The molecule has 1 aliphatic rings. The van der Waals surface area contributed by atoms with E-state index >= 15 is 0 Å². The van der Waals surface area contributed by atoms with E-state index in [1.54, 1.807) is 12.1 Å². The predicted octanol–water partition coefficient (Wildman–Crippen LogP) is 2.18. The van der Waals surface area contributed by atoms with Crippen LogP contribution >= 0.6 is 11.6 Å². The third-order valence-electron chi connectivity index (χ3n) is 3.15. The number of allylic oxidation sites excluding steroid dienone is 1. The standard InChI is InChI=1S/C14H20ClN3O2/c1-2-3-4-12(11-18-7-9-19-10-8-18)20-14-6-5-13(15)16-17-14/h2,5-6,12H,1,3-4,7-11H2. The Bertz CT molecular complexity index is 407. The van der Waals surface area contributed by atoms with Gasteiger partial charge in [0.15, 0.2) is 5.15 Å². The first-order chi connectivity index (χ1) is 9.78. The normalized spacial score (nSPS) is 17.6. The highest BCUT2D eigenvalue weighted by molar-refractivity contribution is 6.29. The van der Waals surface area contributed by atoms with E-state index in [-0.39, 0.29) is 6.10 Å². The van der Waals surface area contributed by atoms with Gasteiger partial charge in [-0.1, -0.05) is 17.7 Å². The number of hydrogen-bond acceptors (Lipinski definition) is 5. The van der Waals surface area contributed by atoms with Crippen LogP contribution in [0, 0.1) is 0 Å². The van der Waals surface area contributed by atoms with E-state index in [1.165, 1.54) is 0 Å². The van der Waals surface area contributed by atoms with Crippen molar-refractivity contribution in [1.82, 2.24) is 15.1 Å². The lowest BCUT2D eigenvalue weighted by Gasteiger charge is -2.30. The van der Waals surface area contributed by atoms with Crippen LogP contribution in [-0.4, -0.2) is 54.0 Å². The van der Waals surface area contributed by atoms with E-state index in [4.69, 9.17) is 21.1 Å². The van der Waals surface area contributed by atoms with Gasteiger partial charge < -0.3 is 9.47 Å². The van der Waals surface area contributed by atoms with Gasteiger partial charge in [-0.3, -0.25) is 4.90 Å². The third-order valence-corrected chi connectivity index (χ3v) is 3.35. The Labute approximate surface area is 124 Å². The zero-order chi connectivity index (χ0) is 14.2. The monoisotopic (exact) mass is 297 g/mol. The van der Waals surface area contributed by atoms with Crippen molar-refractivity contribution < 1.29 is 9.47 Å². The van der Waals surface area contributed by atoms with E-state index < -0.39 is 0 Å². The zero-order valence-electron chi connectivity index (χ0n) is 11.5. The summed E-state index contributed by atoms with van der Waals surface area (Å²) in [4.78, 5) is 2.35. The molecule has 6 heteroatoms. The lowest BCUT2D eigenvalue weighted by atomic mass is 10.2. The zero-order valence-corrected chi connectivity index (χ0v) is 12.3. The molecule has 2 heterocycles. The fourth-order valence-electron chi connectivity index (χ4n) is 2.10. The summed E-state index contributed by atoms with van der Waals surface area (Å²) in [5.74, 6) is 0.511. The fourth-order valence-corrected chi connectivity index (χ4v) is 2.20. The highest BCUT2D eigenvalue weighted by Crippen LogP contribution is 2.14. The molecule has 0 saturated carbocycles. The highest BCUT2D eigenvalue weighted by Gasteiger charge is 2.18. The minimum Gasteiger partial charge on any atom is -0.472 e. The molecule has 0 amide bonds. The van der Waals surface area contributed by atoms with Crippen LogP contribution in [-0.2, 0) is 4.74 Å². The summed E-state index contributed by atoms with van der Waals surface area (Å²) in [6.07, 6.45) is 3.80. The molecule has 0 radical (unpaired) electrons. The first-order valence-corrected chi connectivity index (χ1v) is 7.22. The SMILES string of the molecule is C=CCCC(CN1CCOCC1)Oc1ccc(Cl)nn1. The molecule has 0 N–H and O–H groups in total. The van der Waals surface area contributed by atoms with Gasteiger partial charge in [0.05, 0.1) is 13.2 Å². The van der Waals surface area contributed by atoms with Crippen molar-refractivity contribution in [2.75, 3.05) is 32.8 Å². The van der Waals surface area contributed by atoms with Gasteiger partial charge in [0.1, 0.15) is 6.10 Å². The number of aromatic nitrogens is 2. The van der Waals surface area contributed by atoms with Crippen molar-refractivity contribution in [3.8, 4) is 5.88 Å². The Hall–Kier alpha value is -1.17. The average Bonchev–Trinajstić information content (AvgIpc) is 2.48. The first-order valence-electron chi connectivity index (χ1n) is 6.85. The topological polar surface area (TPSA) is 47.5 Å². The minimum absolute atomic E-state index is 0.0709. The maximum absolute atomic E-state index is 5.91. The van der Waals surface area contributed by atoms with Gasteiger partial charge in [0, 0.05) is 25.7 Å². The summed E-state index contributed by atoms with van der Waals surface area (Å²) in [6, 6.07) is 3.43. The smallest absolute Gasteiger partial charge is 0.233 e. The molecule has 0 bridgehead atoms. The van der Waals surface area contributed by atoms with Crippen LogP contribution in [0.5, 0.6) is 5.88 Å². The molecule has 0 aliphatic carbocycles. The van der Waals surface area contributed by atoms with Gasteiger partial charge in [-0.2, -0.15) is 0 Å². The second kappa shape index (κ2) is 8.19. The summed E-state index contributed by atoms with van der Waals surface area (Å²) in [5.41, 5.74) is 0. The number of hydrogen-bond donors (Lipinski definition) is 0.